The van der Waals surface area contributed by atoms with E-state index in [0.717, 1.165) is 25.0 Å². The van der Waals surface area contributed by atoms with Crippen molar-refractivity contribution in [2.24, 2.45) is 11.1 Å². The van der Waals surface area contributed by atoms with Gasteiger partial charge >= 0.3 is 0 Å². The first kappa shape index (κ1) is 21.2. The number of hydrogen-bond acceptors (Lipinski definition) is 6. The van der Waals surface area contributed by atoms with E-state index in [2.05, 4.69) is 31.7 Å². The number of allylic oxidation sites excluding steroid dienone is 1. The van der Waals surface area contributed by atoms with Crippen molar-refractivity contribution in [3.8, 4) is 0 Å². The number of methoxy groups -OCH3 is 1. The number of nitrogens with zero attached hydrogens (tertiary/aromatic N) is 1. The summed E-state index contributed by atoms with van der Waals surface area (Å²) >= 11 is 0. The van der Waals surface area contributed by atoms with Gasteiger partial charge in [0.05, 0.1) is 5.70 Å². The first-order valence-electron chi connectivity index (χ1n) is 8.23. The average molecular weight is 316 g/mol. The monoisotopic (exact) mass is 316 g/mol. The summed E-state index contributed by atoms with van der Waals surface area (Å²) in [4.78, 5) is 0. The van der Waals surface area contributed by atoms with Crippen molar-refractivity contribution in [2.75, 3.05) is 20.4 Å². The molecule has 1 atom stereocenters. The second-order valence-electron chi connectivity index (χ2n) is 6.21. The van der Waals surface area contributed by atoms with Crippen LogP contribution in [0.3, 0.4) is 0 Å². The Balaban J connectivity index is 0.00000211. The van der Waals surface area contributed by atoms with Crippen LogP contribution in [0.5, 0.6) is 0 Å². The fourth-order valence-corrected chi connectivity index (χ4v) is 2.15. The van der Waals surface area contributed by atoms with E-state index in [9.17, 15) is 0 Å². The summed E-state index contributed by atoms with van der Waals surface area (Å²) in [6, 6.07) is 0. The van der Waals surface area contributed by atoms with E-state index in [1.807, 2.05) is 32.0 Å². The Kier molecular flexibility index (Phi) is 9.67. The van der Waals surface area contributed by atoms with Crippen molar-refractivity contribution in [2.45, 2.75) is 66.5 Å². The molecule has 0 amide bonds. The molecule has 6 heteroatoms. The Hall–Kier alpha value is -0.820. The Morgan fingerprint density at radius 3 is 2.41 bits per heavy atom. The summed E-state index contributed by atoms with van der Waals surface area (Å²) in [6.07, 6.45) is 4.82. The van der Waals surface area contributed by atoms with Crippen LogP contribution in [0, 0.1) is 5.41 Å². The normalized spacial score (nSPS) is 17.3. The molecule has 0 spiro atoms. The Morgan fingerprint density at radius 2 is 1.86 bits per heavy atom. The third-order valence-electron chi connectivity index (χ3n) is 3.52. The number of ether oxygens (including phenoxy) is 2. The van der Waals surface area contributed by atoms with Gasteiger partial charge in [0.15, 0.2) is 0 Å². The van der Waals surface area contributed by atoms with E-state index in [1.54, 1.807) is 7.11 Å². The quantitative estimate of drug-likeness (QED) is 0.568. The summed E-state index contributed by atoms with van der Waals surface area (Å²) in [5.41, 5.74) is 12.9. The number of nitrogens with two attached hydrogens (primary N) is 1. The minimum atomic E-state index is -0.525. The van der Waals surface area contributed by atoms with Crippen LogP contribution in [0.15, 0.2) is 11.9 Å². The number of hydrazine groups is 2. The van der Waals surface area contributed by atoms with Gasteiger partial charge in [-0.05, 0) is 19.8 Å². The molecule has 0 saturated carbocycles. The summed E-state index contributed by atoms with van der Waals surface area (Å²) in [5, 5.41) is 1.86. The molecule has 0 fully saturated rings. The van der Waals surface area contributed by atoms with E-state index >= 15 is 0 Å². The highest BCUT2D eigenvalue weighted by Gasteiger charge is 2.28. The fourth-order valence-electron chi connectivity index (χ4n) is 2.15. The lowest BCUT2D eigenvalue weighted by Gasteiger charge is -2.29. The summed E-state index contributed by atoms with van der Waals surface area (Å²) in [5.74, 6) is 0. The van der Waals surface area contributed by atoms with Crippen molar-refractivity contribution >= 4 is 0 Å². The van der Waals surface area contributed by atoms with Gasteiger partial charge in [0, 0.05) is 25.3 Å². The zero-order chi connectivity index (χ0) is 17.2. The lowest BCUT2D eigenvalue weighted by Crippen LogP contribution is -2.41. The van der Waals surface area contributed by atoms with E-state index in [1.165, 1.54) is 0 Å². The van der Waals surface area contributed by atoms with Gasteiger partial charge in [-0.15, -0.1) is 5.53 Å². The van der Waals surface area contributed by atoms with Crippen molar-refractivity contribution in [1.29, 1.82) is 0 Å². The maximum absolute atomic E-state index is 6.08. The van der Waals surface area contributed by atoms with E-state index in [4.69, 9.17) is 15.2 Å². The molecule has 1 aliphatic rings. The predicted molar refractivity (Wildman–Crippen MR) is 91.3 cm³/mol. The van der Waals surface area contributed by atoms with Crippen molar-refractivity contribution in [1.82, 2.24) is 16.0 Å². The number of nitrogens with one attached hydrogen (secondary N) is 2. The van der Waals surface area contributed by atoms with Crippen LogP contribution in [-0.2, 0) is 9.47 Å². The van der Waals surface area contributed by atoms with E-state index in [-0.39, 0.29) is 5.41 Å². The minimum Gasteiger partial charge on any atom is -0.363 e. The van der Waals surface area contributed by atoms with Gasteiger partial charge in [-0.3, -0.25) is 5.01 Å². The van der Waals surface area contributed by atoms with Gasteiger partial charge in [0.2, 0.25) is 0 Å². The third-order valence-corrected chi connectivity index (χ3v) is 3.52. The van der Waals surface area contributed by atoms with Crippen LogP contribution in [0.25, 0.3) is 0 Å². The first-order valence-corrected chi connectivity index (χ1v) is 8.23. The maximum atomic E-state index is 6.08. The van der Waals surface area contributed by atoms with Crippen LogP contribution in [0.2, 0.25) is 0 Å². The molecule has 0 aromatic carbocycles. The Morgan fingerprint density at radius 1 is 1.23 bits per heavy atom. The smallest absolute Gasteiger partial charge is 0.134 e. The molecule has 1 aliphatic heterocycles. The molecular weight excluding hydrogens is 280 g/mol. The van der Waals surface area contributed by atoms with E-state index < -0.39 is 5.72 Å². The first-order chi connectivity index (χ1) is 10.3. The van der Waals surface area contributed by atoms with Gasteiger partial charge in [0.1, 0.15) is 12.5 Å². The van der Waals surface area contributed by atoms with Gasteiger partial charge in [0.25, 0.3) is 0 Å². The second kappa shape index (κ2) is 10.0. The SMILES string of the molecule is CC.CCCC(C)(N)OCCC(C)(C)C1=CN(COC)NN1. The van der Waals surface area contributed by atoms with Crippen molar-refractivity contribution in [3.05, 3.63) is 11.9 Å². The predicted octanol–water partition coefficient (Wildman–Crippen LogP) is 2.69. The lowest BCUT2D eigenvalue weighted by atomic mass is 9.86. The van der Waals surface area contributed by atoms with Gasteiger partial charge in [-0.25, -0.2) is 0 Å². The Bertz CT molecular complexity index is 330. The Labute approximate surface area is 136 Å². The summed E-state index contributed by atoms with van der Waals surface area (Å²) in [7, 11) is 1.67. The summed E-state index contributed by atoms with van der Waals surface area (Å²) in [6.45, 7) is 13.6. The third kappa shape index (κ3) is 7.45. The lowest BCUT2D eigenvalue weighted by molar-refractivity contribution is -0.0417. The molecule has 1 rings (SSSR count). The molecule has 0 radical (unpaired) electrons. The van der Waals surface area contributed by atoms with Crippen molar-refractivity contribution < 1.29 is 9.47 Å². The number of rotatable bonds is 9. The van der Waals surface area contributed by atoms with Crippen LogP contribution in [0.4, 0.5) is 0 Å². The molecule has 0 saturated heterocycles. The molecule has 1 heterocycles. The zero-order valence-corrected chi connectivity index (χ0v) is 15.5. The molecule has 0 aromatic rings. The number of hydrogen-bond donors (Lipinski definition) is 3. The minimum absolute atomic E-state index is 0.0161. The highest BCUT2D eigenvalue weighted by atomic mass is 16.5. The molecule has 22 heavy (non-hydrogen) atoms. The average Bonchev–Trinajstić information content (AvgIpc) is 2.90. The largest absolute Gasteiger partial charge is 0.363 e. The van der Waals surface area contributed by atoms with Gasteiger partial charge < -0.3 is 20.6 Å². The van der Waals surface area contributed by atoms with Gasteiger partial charge in [-0.2, -0.15) is 0 Å². The molecule has 132 valence electrons. The van der Waals surface area contributed by atoms with Crippen LogP contribution < -0.4 is 16.7 Å². The molecular formula is C16H36N4O2. The molecule has 1 unspecified atom stereocenters. The highest BCUT2D eigenvalue weighted by molar-refractivity contribution is 5.11. The molecule has 0 aliphatic carbocycles. The van der Waals surface area contributed by atoms with Gasteiger partial charge in [-0.1, -0.05) is 41.0 Å². The van der Waals surface area contributed by atoms with Crippen molar-refractivity contribution in [3.63, 3.8) is 0 Å². The van der Waals surface area contributed by atoms with Crippen LogP contribution in [0.1, 0.15) is 60.8 Å². The molecule has 4 N–H and O–H groups in total. The second-order valence-corrected chi connectivity index (χ2v) is 6.21. The van der Waals surface area contributed by atoms with Crippen LogP contribution >= 0.6 is 0 Å². The molecule has 0 bridgehead atoms. The maximum Gasteiger partial charge on any atom is 0.134 e. The van der Waals surface area contributed by atoms with Crippen LogP contribution in [-0.4, -0.2) is 31.2 Å². The molecule has 0 aromatic heterocycles. The standard InChI is InChI=1S/C14H30N4O2.C2H6/c1-6-7-14(4,15)20-9-8-13(2,3)12-10-18(11-19-5)17-16-12;1-2/h10,16-17H,6-9,11,15H2,1-5H3;1-2H3. The topological polar surface area (TPSA) is 71.8 Å². The highest BCUT2D eigenvalue weighted by Crippen LogP contribution is 2.30. The summed E-state index contributed by atoms with van der Waals surface area (Å²) < 4.78 is 10.9. The fraction of sp³-hybridized carbons (Fsp3) is 0.875. The van der Waals surface area contributed by atoms with E-state index in [0.29, 0.717) is 13.3 Å². The zero-order valence-electron chi connectivity index (χ0n) is 15.5. The molecule has 6 nitrogen and oxygen atoms in total.